The van der Waals surface area contributed by atoms with Gasteiger partial charge in [-0.1, -0.05) is 18.2 Å². The number of benzene rings is 1. The van der Waals surface area contributed by atoms with E-state index in [1.165, 1.54) is 21.1 Å². The quantitative estimate of drug-likeness (QED) is 0.753. The summed E-state index contributed by atoms with van der Waals surface area (Å²) in [5, 5.41) is 7.81. The summed E-state index contributed by atoms with van der Waals surface area (Å²) in [6, 6.07) is 10.2. The van der Waals surface area contributed by atoms with E-state index in [0.29, 0.717) is 10.8 Å². The maximum absolute atomic E-state index is 12.4. The van der Waals surface area contributed by atoms with Gasteiger partial charge < -0.3 is 0 Å². The molecule has 0 atom stereocenters. The molecule has 0 saturated carbocycles. The third-order valence-electron chi connectivity index (χ3n) is 3.79. The largest absolute Gasteiger partial charge is 0.296 e. The van der Waals surface area contributed by atoms with E-state index in [4.69, 9.17) is 0 Å². The zero-order valence-corrected chi connectivity index (χ0v) is 14.9. The molecule has 2 aromatic heterocycles. The average molecular weight is 356 g/mol. The number of fused-ring (bicyclic) bond motifs is 3. The lowest BCUT2D eigenvalue weighted by Crippen LogP contribution is -2.13. The molecule has 24 heavy (non-hydrogen) atoms. The highest BCUT2D eigenvalue weighted by Gasteiger charge is 2.22. The Labute approximate surface area is 148 Å². The molecular weight excluding hydrogens is 340 g/mol. The van der Waals surface area contributed by atoms with Crippen molar-refractivity contribution in [2.75, 3.05) is 5.32 Å². The molecule has 1 aromatic carbocycles. The molecule has 1 amide bonds. The number of thioether (sulfide) groups is 1. The van der Waals surface area contributed by atoms with Gasteiger partial charge in [-0.05, 0) is 26.0 Å². The standard InChI is InChI=1S/C17H16N4OS2/c1-10(2)21-8-7-12(20-21)16(22)19-17-18-15-11-5-3-4-6-13(11)23-9-14(15)24-17/h3-8,10H,9H2,1-2H3,(H,18,19,22). The Hall–Kier alpha value is -2.12. The molecule has 5 nitrogen and oxygen atoms in total. The Morgan fingerprint density at radius 1 is 1.29 bits per heavy atom. The number of anilines is 1. The number of amides is 1. The Bertz CT molecular complexity index is 913. The molecular formula is C17H16N4OS2. The van der Waals surface area contributed by atoms with Gasteiger partial charge >= 0.3 is 0 Å². The summed E-state index contributed by atoms with van der Waals surface area (Å²) >= 11 is 3.35. The van der Waals surface area contributed by atoms with Crippen LogP contribution in [0.4, 0.5) is 5.13 Å². The molecule has 1 aliphatic heterocycles. The van der Waals surface area contributed by atoms with Gasteiger partial charge in [0.15, 0.2) is 10.8 Å². The van der Waals surface area contributed by atoms with E-state index in [1.54, 1.807) is 10.7 Å². The fraction of sp³-hybridized carbons (Fsp3) is 0.235. The first kappa shape index (κ1) is 15.4. The van der Waals surface area contributed by atoms with Crippen LogP contribution in [-0.4, -0.2) is 20.7 Å². The molecule has 0 saturated heterocycles. The van der Waals surface area contributed by atoms with E-state index in [1.807, 2.05) is 43.9 Å². The molecule has 3 heterocycles. The minimum absolute atomic E-state index is 0.221. The van der Waals surface area contributed by atoms with Crippen molar-refractivity contribution in [3.8, 4) is 11.3 Å². The second-order valence-electron chi connectivity index (χ2n) is 5.80. The van der Waals surface area contributed by atoms with Gasteiger partial charge in [-0.15, -0.1) is 23.1 Å². The fourth-order valence-electron chi connectivity index (χ4n) is 2.55. The van der Waals surface area contributed by atoms with Crippen LogP contribution >= 0.6 is 23.1 Å². The number of nitrogens with one attached hydrogen (secondary N) is 1. The van der Waals surface area contributed by atoms with Gasteiger partial charge in [0.2, 0.25) is 0 Å². The second kappa shape index (κ2) is 6.07. The third-order valence-corrected chi connectivity index (χ3v) is 6.04. The van der Waals surface area contributed by atoms with Crippen LogP contribution in [0.25, 0.3) is 11.3 Å². The van der Waals surface area contributed by atoms with Crippen molar-refractivity contribution >= 4 is 34.1 Å². The topological polar surface area (TPSA) is 59.8 Å². The van der Waals surface area contributed by atoms with Gasteiger partial charge in [-0.3, -0.25) is 14.8 Å². The predicted molar refractivity (Wildman–Crippen MR) is 97.7 cm³/mol. The molecule has 1 aliphatic rings. The third kappa shape index (κ3) is 2.74. The lowest BCUT2D eigenvalue weighted by molar-refractivity contribution is 0.102. The minimum atomic E-state index is -0.221. The second-order valence-corrected chi connectivity index (χ2v) is 7.91. The van der Waals surface area contributed by atoms with Gasteiger partial charge in [-0.25, -0.2) is 4.98 Å². The Morgan fingerprint density at radius 3 is 2.92 bits per heavy atom. The predicted octanol–water partition coefficient (Wildman–Crippen LogP) is 4.45. The molecule has 1 N–H and O–H groups in total. The normalized spacial score (nSPS) is 12.8. The van der Waals surface area contributed by atoms with Crippen molar-refractivity contribution in [2.24, 2.45) is 0 Å². The number of hydrogen-bond donors (Lipinski definition) is 1. The molecule has 0 bridgehead atoms. The van der Waals surface area contributed by atoms with Crippen molar-refractivity contribution in [3.63, 3.8) is 0 Å². The summed E-state index contributed by atoms with van der Waals surface area (Å²) in [6.45, 7) is 4.05. The van der Waals surface area contributed by atoms with Crippen molar-refractivity contribution in [1.82, 2.24) is 14.8 Å². The van der Waals surface area contributed by atoms with E-state index in [0.717, 1.165) is 17.0 Å². The highest BCUT2D eigenvalue weighted by molar-refractivity contribution is 7.98. The lowest BCUT2D eigenvalue weighted by atomic mass is 10.1. The number of rotatable bonds is 3. The van der Waals surface area contributed by atoms with Crippen molar-refractivity contribution in [2.45, 2.75) is 30.5 Å². The van der Waals surface area contributed by atoms with E-state index in [-0.39, 0.29) is 11.9 Å². The highest BCUT2D eigenvalue weighted by Crippen LogP contribution is 2.44. The zero-order valence-electron chi connectivity index (χ0n) is 13.3. The Morgan fingerprint density at radius 2 is 2.12 bits per heavy atom. The minimum Gasteiger partial charge on any atom is -0.296 e. The molecule has 122 valence electrons. The summed E-state index contributed by atoms with van der Waals surface area (Å²) in [6.07, 6.45) is 1.82. The van der Waals surface area contributed by atoms with Crippen LogP contribution in [0.5, 0.6) is 0 Å². The van der Waals surface area contributed by atoms with E-state index in [9.17, 15) is 4.79 Å². The molecule has 7 heteroatoms. The monoisotopic (exact) mass is 356 g/mol. The fourth-order valence-corrected chi connectivity index (χ4v) is 4.65. The summed E-state index contributed by atoms with van der Waals surface area (Å²) in [4.78, 5) is 19.5. The van der Waals surface area contributed by atoms with Crippen LogP contribution in [0.2, 0.25) is 0 Å². The lowest BCUT2D eigenvalue weighted by Gasteiger charge is -2.13. The first-order valence-electron chi connectivity index (χ1n) is 7.70. The van der Waals surface area contributed by atoms with Crippen LogP contribution in [-0.2, 0) is 5.75 Å². The van der Waals surface area contributed by atoms with E-state index in [2.05, 4.69) is 27.5 Å². The number of thiazole rings is 1. The maximum atomic E-state index is 12.4. The van der Waals surface area contributed by atoms with Crippen LogP contribution in [0, 0.1) is 0 Å². The summed E-state index contributed by atoms with van der Waals surface area (Å²) in [5.41, 5.74) is 2.54. The highest BCUT2D eigenvalue weighted by atomic mass is 32.2. The molecule has 0 spiro atoms. The number of aromatic nitrogens is 3. The van der Waals surface area contributed by atoms with Crippen LogP contribution in [0.3, 0.4) is 0 Å². The first-order chi connectivity index (χ1) is 11.6. The molecule has 0 unspecified atom stereocenters. The van der Waals surface area contributed by atoms with Crippen molar-refractivity contribution in [1.29, 1.82) is 0 Å². The van der Waals surface area contributed by atoms with E-state index >= 15 is 0 Å². The SMILES string of the molecule is CC(C)n1ccc(C(=O)Nc2nc3c(s2)CSc2ccccc2-3)n1. The first-order valence-corrected chi connectivity index (χ1v) is 9.50. The van der Waals surface area contributed by atoms with Crippen LogP contribution in [0.15, 0.2) is 41.4 Å². The van der Waals surface area contributed by atoms with Gasteiger partial charge in [0, 0.05) is 33.3 Å². The smallest absolute Gasteiger partial charge is 0.277 e. The summed E-state index contributed by atoms with van der Waals surface area (Å²) in [5.74, 6) is 0.670. The molecule has 0 aliphatic carbocycles. The zero-order chi connectivity index (χ0) is 16.7. The molecule has 0 fully saturated rings. The summed E-state index contributed by atoms with van der Waals surface area (Å²) < 4.78 is 1.77. The van der Waals surface area contributed by atoms with Crippen molar-refractivity contribution in [3.05, 3.63) is 47.1 Å². The maximum Gasteiger partial charge on any atom is 0.277 e. The van der Waals surface area contributed by atoms with Gasteiger partial charge in [0.1, 0.15) is 0 Å². The number of nitrogens with zero attached hydrogens (tertiary/aromatic N) is 3. The number of carbonyl (C=O) groups excluding carboxylic acids is 1. The van der Waals surface area contributed by atoms with Crippen molar-refractivity contribution < 1.29 is 4.79 Å². The number of hydrogen-bond acceptors (Lipinski definition) is 5. The van der Waals surface area contributed by atoms with Gasteiger partial charge in [-0.2, -0.15) is 5.10 Å². The van der Waals surface area contributed by atoms with Gasteiger partial charge in [0.25, 0.3) is 5.91 Å². The molecule has 3 aromatic rings. The summed E-state index contributed by atoms with van der Waals surface area (Å²) in [7, 11) is 0. The number of carbonyl (C=O) groups is 1. The molecule has 0 radical (unpaired) electrons. The Kier molecular flexibility index (Phi) is 3.90. The van der Waals surface area contributed by atoms with Gasteiger partial charge in [0.05, 0.1) is 5.69 Å². The van der Waals surface area contributed by atoms with Crippen LogP contribution in [0.1, 0.15) is 35.3 Å². The molecule has 4 rings (SSSR count). The average Bonchev–Trinajstić information content (AvgIpc) is 3.21. The Balaban J connectivity index is 1.58. The van der Waals surface area contributed by atoms with E-state index < -0.39 is 0 Å². The van der Waals surface area contributed by atoms with Crippen LogP contribution < -0.4 is 5.32 Å².